The summed E-state index contributed by atoms with van der Waals surface area (Å²) in [4.78, 5) is 6.76. The third kappa shape index (κ3) is 1.94. The maximum Gasteiger partial charge on any atom is 0.194 e. The highest BCUT2D eigenvalue weighted by Crippen LogP contribution is 2.03. The van der Waals surface area contributed by atoms with E-state index in [4.69, 9.17) is 0 Å². The zero-order chi connectivity index (χ0) is 9.10. The standard InChI is InChI=1S/C9H18N4/c1-2-13-6-5-11-9(13)12-8-3-4-10-7-8/h8,10H,2-7H2,1H3,(H,11,12). The van der Waals surface area contributed by atoms with Crippen molar-refractivity contribution < 1.29 is 0 Å². The largest absolute Gasteiger partial charge is 0.352 e. The van der Waals surface area contributed by atoms with Gasteiger partial charge in [0.25, 0.3) is 0 Å². The Hall–Kier alpha value is -0.770. The maximum absolute atomic E-state index is 4.46. The Morgan fingerprint density at radius 2 is 2.62 bits per heavy atom. The van der Waals surface area contributed by atoms with E-state index in [1.54, 1.807) is 0 Å². The topological polar surface area (TPSA) is 39.7 Å². The first-order valence-corrected chi connectivity index (χ1v) is 5.17. The molecule has 2 aliphatic rings. The van der Waals surface area contributed by atoms with Gasteiger partial charge in [-0.15, -0.1) is 0 Å². The van der Waals surface area contributed by atoms with E-state index in [1.165, 1.54) is 6.42 Å². The molecule has 1 fully saturated rings. The van der Waals surface area contributed by atoms with E-state index in [0.29, 0.717) is 6.04 Å². The number of rotatable bonds is 2. The quantitative estimate of drug-likeness (QED) is 0.612. The molecule has 0 radical (unpaired) electrons. The Morgan fingerprint density at radius 1 is 1.69 bits per heavy atom. The first-order chi connectivity index (χ1) is 6.40. The molecule has 4 nitrogen and oxygen atoms in total. The van der Waals surface area contributed by atoms with E-state index < -0.39 is 0 Å². The Labute approximate surface area is 79.4 Å². The molecule has 13 heavy (non-hydrogen) atoms. The fourth-order valence-electron chi connectivity index (χ4n) is 1.89. The van der Waals surface area contributed by atoms with E-state index in [-0.39, 0.29) is 0 Å². The summed E-state index contributed by atoms with van der Waals surface area (Å²) in [5, 5.41) is 6.84. The number of hydrogen-bond acceptors (Lipinski definition) is 4. The Balaban J connectivity index is 1.85. The van der Waals surface area contributed by atoms with Gasteiger partial charge in [-0.2, -0.15) is 0 Å². The van der Waals surface area contributed by atoms with Crippen molar-refractivity contribution in [1.82, 2.24) is 15.5 Å². The lowest BCUT2D eigenvalue weighted by Gasteiger charge is -2.21. The molecular formula is C9H18N4. The molecule has 74 valence electrons. The second-order valence-corrected chi connectivity index (χ2v) is 3.62. The monoisotopic (exact) mass is 182 g/mol. The molecule has 1 unspecified atom stereocenters. The lowest BCUT2D eigenvalue weighted by molar-refractivity contribution is 0.456. The van der Waals surface area contributed by atoms with Crippen LogP contribution in [0, 0.1) is 0 Å². The van der Waals surface area contributed by atoms with Gasteiger partial charge in [0.1, 0.15) is 0 Å². The highest BCUT2D eigenvalue weighted by Gasteiger charge is 2.20. The first-order valence-electron chi connectivity index (χ1n) is 5.17. The molecule has 1 saturated heterocycles. The second-order valence-electron chi connectivity index (χ2n) is 3.62. The first kappa shape index (κ1) is 8.81. The molecule has 1 atom stereocenters. The van der Waals surface area contributed by atoms with Crippen molar-refractivity contribution in [2.24, 2.45) is 4.99 Å². The van der Waals surface area contributed by atoms with Crippen LogP contribution in [-0.2, 0) is 0 Å². The molecule has 0 aromatic rings. The smallest absolute Gasteiger partial charge is 0.194 e. The van der Waals surface area contributed by atoms with Gasteiger partial charge in [0, 0.05) is 25.7 Å². The molecule has 0 aliphatic carbocycles. The normalized spacial score (nSPS) is 27.9. The second kappa shape index (κ2) is 3.96. The summed E-state index contributed by atoms with van der Waals surface area (Å²) in [7, 11) is 0. The van der Waals surface area contributed by atoms with E-state index >= 15 is 0 Å². The molecular weight excluding hydrogens is 164 g/mol. The molecule has 2 N–H and O–H groups in total. The van der Waals surface area contributed by atoms with Crippen molar-refractivity contribution in [2.75, 3.05) is 32.7 Å². The van der Waals surface area contributed by atoms with Crippen LogP contribution in [0.25, 0.3) is 0 Å². The zero-order valence-corrected chi connectivity index (χ0v) is 8.21. The van der Waals surface area contributed by atoms with Crippen LogP contribution in [0.3, 0.4) is 0 Å². The predicted octanol–water partition coefficient (Wildman–Crippen LogP) is -0.371. The van der Waals surface area contributed by atoms with Gasteiger partial charge in [0.15, 0.2) is 5.96 Å². The minimum absolute atomic E-state index is 0.589. The van der Waals surface area contributed by atoms with Crippen LogP contribution in [0.5, 0.6) is 0 Å². The number of hydrogen-bond donors (Lipinski definition) is 2. The van der Waals surface area contributed by atoms with Crippen molar-refractivity contribution in [3.63, 3.8) is 0 Å². The van der Waals surface area contributed by atoms with Gasteiger partial charge < -0.3 is 15.5 Å². The third-order valence-corrected chi connectivity index (χ3v) is 2.71. The van der Waals surface area contributed by atoms with Crippen molar-refractivity contribution in [3.8, 4) is 0 Å². The van der Waals surface area contributed by atoms with Crippen molar-refractivity contribution in [1.29, 1.82) is 0 Å². The fourth-order valence-corrected chi connectivity index (χ4v) is 1.89. The van der Waals surface area contributed by atoms with Gasteiger partial charge in [0.2, 0.25) is 0 Å². The van der Waals surface area contributed by atoms with E-state index in [0.717, 1.165) is 38.7 Å². The summed E-state index contributed by atoms with van der Waals surface area (Å²) in [6, 6.07) is 0.589. The molecule has 0 aromatic carbocycles. The third-order valence-electron chi connectivity index (χ3n) is 2.71. The molecule has 0 amide bonds. The molecule has 0 aromatic heterocycles. The Bertz CT molecular complexity index is 196. The van der Waals surface area contributed by atoms with Gasteiger partial charge in [-0.3, -0.25) is 4.99 Å². The molecule has 4 heteroatoms. The summed E-state index contributed by atoms with van der Waals surface area (Å²) in [5.74, 6) is 1.11. The number of likely N-dealkylation sites (N-methyl/N-ethyl adjacent to an activating group) is 1. The van der Waals surface area contributed by atoms with Gasteiger partial charge in [-0.1, -0.05) is 0 Å². The van der Waals surface area contributed by atoms with E-state index in [2.05, 4.69) is 27.4 Å². The lowest BCUT2D eigenvalue weighted by atomic mass is 10.3. The van der Waals surface area contributed by atoms with Gasteiger partial charge in [-0.25, -0.2) is 0 Å². The zero-order valence-electron chi connectivity index (χ0n) is 8.21. The highest BCUT2D eigenvalue weighted by atomic mass is 15.3. The molecule has 2 heterocycles. The van der Waals surface area contributed by atoms with Crippen molar-refractivity contribution in [3.05, 3.63) is 0 Å². The number of aliphatic imine (C=N–C) groups is 1. The van der Waals surface area contributed by atoms with Crippen molar-refractivity contribution in [2.45, 2.75) is 19.4 Å². The van der Waals surface area contributed by atoms with Crippen LogP contribution in [0.2, 0.25) is 0 Å². The lowest BCUT2D eigenvalue weighted by Crippen LogP contribution is -2.44. The highest BCUT2D eigenvalue weighted by molar-refractivity contribution is 5.81. The summed E-state index contributed by atoms with van der Waals surface area (Å²) < 4.78 is 0. The summed E-state index contributed by atoms with van der Waals surface area (Å²) in [6.07, 6.45) is 1.22. The molecule has 0 saturated carbocycles. The van der Waals surface area contributed by atoms with Crippen LogP contribution in [0.15, 0.2) is 4.99 Å². The van der Waals surface area contributed by atoms with Crippen LogP contribution in [0.4, 0.5) is 0 Å². The van der Waals surface area contributed by atoms with E-state index in [9.17, 15) is 0 Å². The summed E-state index contributed by atoms with van der Waals surface area (Å²) in [6.45, 7) is 7.49. The maximum atomic E-state index is 4.46. The Kier molecular flexibility index (Phi) is 2.68. The Morgan fingerprint density at radius 3 is 3.31 bits per heavy atom. The van der Waals surface area contributed by atoms with Crippen LogP contribution in [-0.4, -0.2) is 49.6 Å². The predicted molar refractivity (Wildman–Crippen MR) is 54.0 cm³/mol. The number of guanidine groups is 1. The minimum atomic E-state index is 0.589. The van der Waals surface area contributed by atoms with Crippen LogP contribution >= 0.6 is 0 Å². The minimum Gasteiger partial charge on any atom is -0.352 e. The summed E-state index contributed by atoms with van der Waals surface area (Å²) >= 11 is 0. The summed E-state index contributed by atoms with van der Waals surface area (Å²) in [5.41, 5.74) is 0. The van der Waals surface area contributed by atoms with Crippen LogP contribution in [0.1, 0.15) is 13.3 Å². The SMILES string of the molecule is CCN1CCN=C1NC1CCNC1. The molecule has 2 rings (SSSR count). The number of nitrogens with one attached hydrogen (secondary N) is 2. The average molecular weight is 182 g/mol. The van der Waals surface area contributed by atoms with E-state index in [1.807, 2.05) is 0 Å². The van der Waals surface area contributed by atoms with Gasteiger partial charge in [0.05, 0.1) is 6.54 Å². The molecule has 0 bridgehead atoms. The van der Waals surface area contributed by atoms with Gasteiger partial charge in [-0.05, 0) is 19.9 Å². The average Bonchev–Trinajstić information content (AvgIpc) is 2.76. The molecule has 0 spiro atoms. The van der Waals surface area contributed by atoms with Crippen LogP contribution < -0.4 is 10.6 Å². The fraction of sp³-hybridized carbons (Fsp3) is 0.889. The molecule has 2 aliphatic heterocycles. The van der Waals surface area contributed by atoms with Gasteiger partial charge >= 0.3 is 0 Å². The number of nitrogens with zero attached hydrogens (tertiary/aromatic N) is 2. The van der Waals surface area contributed by atoms with Crippen molar-refractivity contribution >= 4 is 5.96 Å².